The molecule has 0 radical (unpaired) electrons. The number of amides is 1. The Kier molecular flexibility index (Phi) is 8.98. The second-order valence-corrected chi connectivity index (χ2v) is 11.6. The molecule has 0 bridgehead atoms. The number of carbonyl (C=O) groups excluding carboxylic acids is 2. The predicted molar refractivity (Wildman–Crippen MR) is 175 cm³/mol. The van der Waals surface area contributed by atoms with Crippen LogP contribution < -0.4 is 0 Å². The van der Waals surface area contributed by atoms with Crippen molar-refractivity contribution in [2.24, 2.45) is 5.92 Å². The maximum atomic E-state index is 14.4. The number of hydrogen-bond donors (Lipinski definition) is 0. The summed E-state index contributed by atoms with van der Waals surface area (Å²) in [5.74, 6) is 0.0937. The minimum Gasteiger partial charge on any atom is -0.465 e. The molecule has 0 aliphatic heterocycles. The summed E-state index contributed by atoms with van der Waals surface area (Å²) >= 11 is 0. The standard InChI is InChI=1S/C40H37NO3/c1-44-40(43)35-23-20-33(21-24-35)32-18-16-30(17-19-32)27-38(42)41(28-31-12-6-3-7-13-31)39-36(26-29-10-4-2-5-11-29)25-22-34-14-8-9-15-37(34)39/h2-21,23-24,36,39H,22,25-28H2,1H3. The summed E-state index contributed by atoms with van der Waals surface area (Å²) in [5.41, 5.74) is 8.59. The molecule has 0 saturated carbocycles. The summed E-state index contributed by atoms with van der Waals surface area (Å²) in [6.45, 7) is 0.564. The molecule has 220 valence electrons. The zero-order valence-electron chi connectivity index (χ0n) is 25.1. The lowest BCUT2D eigenvalue weighted by atomic mass is 9.76. The van der Waals surface area contributed by atoms with Gasteiger partial charge in [0.2, 0.25) is 5.91 Å². The van der Waals surface area contributed by atoms with Crippen LogP contribution in [0.4, 0.5) is 0 Å². The lowest BCUT2D eigenvalue weighted by Crippen LogP contribution is -2.41. The van der Waals surface area contributed by atoms with E-state index in [2.05, 4.69) is 71.6 Å². The number of carbonyl (C=O) groups is 2. The number of aryl methyl sites for hydroxylation is 1. The first-order valence-electron chi connectivity index (χ1n) is 15.3. The lowest BCUT2D eigenvalue weighted by molar-refractivity contribution is -0.135. The molecule has 1 aliphatic rings. The van der Waals surface area contributed by atoms with Crippen molar-refractivity contribution < 1.29 is 14.3 Å². The Hall–Kier alpha value is -4.96. The molecule has 2 atom stereocenters. The molecule has 6 rings (SSSR count). The van der Waals surface area contributed by atoms with Crippen LogP contribution in [0.1, 0.15) is 50.6 Å². The molecule has 4 heteroatoms. The largest absolute Gasteiger partial charge is 0.465 e. The van der Waals surface area contributed by atoms with Gasteiger partial charge < -0.3 is 9.64 Å². The number of esters is 1. The number of methoxy groups -OCH3 is 1. The second-order valence-electron chi connectivity index (χ2n) is 11.6. The van der Waals surface area contributed by atoms with E-state index in [0.29, 0.717) is 24.4 Å². The Morgan fingerprint density at radius 3 is 1.93 bits per heavy atom. The Morgan fingerprint density at radius 2 is 1.27 bits per heavy atom. The van der Waals surface area contributed by atoms with Crippen molar-refractivity contribution in [3.05, 3.63) is 167 Å². The highest BCUT2D eigenvalue weighted by Gasteiger charge is 2.36. The van der Waals surface area contributed by atoms with E-state index < -0.39 is 0 Å². The van der Waals surface area contributed by atoms with Crippen LogP contribution in [0.15, 0.2) is 133 Å². The van der Waals surface area contributed by atoms with Gasteiger partial charge in [0.15, 0.2) is 0 Å². The van der Waals surface area contributed by atoms with E-state index in [0.717, 1.165) is 41.5 Å². The lowest BCUT2D eigenvalue weighted by Gasteiger charge is -2.42. The molecule has 0 N–H and O–H groups in total. The van der Waals surface area contributed by atoms with Gasteiger partial charge in [0.05, 0.1) is 25.1 Å². The van der Waals surface area contributed by atoms with E-state index in [1.54, 1.807) is 12.1 Å². The number of ether oxygens (including phenoxy) is 1. The number of fused-ring (bicyclic) bond motifs is 1. The molecule has 0 heterocycles. The zero-order valence-corrected chi connectivity index (χ0v) is 25.1. The minimum atomic E-state index is -0.350. The van der Waals surface area contributed by atoms with Gasteiger partial charge in [-0.1, -0.05) is 121 Å². The number of nitrogens with zero attached hydrogens (tertiary/aromatic N) is 1. The molecule has 5 aromatic carbocycles. The average molecular weight is 580 g/mol. The fraction of sp³-hybridized carbons (Fsp3) is 0.200. The van der Waals surface area contributed by atoms with E-state index in [-0.39, 0.29) is 17.9 Å². The second kappa shape index (κ2) is 13.6. The summed E-state index contributed by atoms with van der Waals surface area (Å²) in [5, 5.41) is 0. The van der Waals surface area contributed by atoms with E-state index in [1.165, 1.54) is 23.8 Å². The summed E-state index contributed by atoms with van der Waals surface area (Å²) in [7, 11) is 1.38. The van der Waals surface area contributed by atoms with E-state index in [9.17, 15) is 9.59 Å². The third kappa shape index (κ3) is 6.65. The first kappa shape index (κ1) is 29.1. The summed E-state index contributed by atoms with van der Waals surface area (Å²) in [6.07, 6.45) is 3.32. The van der Waals surface area contributed by atoms with Gasteiger partial charge in [-0.3, -0.25) is 4.79 Å². The van der Waals surface area contributed by atoms with Crippen LogP contribution in [-0.4, -0.2) is 23.9 Å². The van der Waals surface area contributed by atoms with Gasteiger partial charge in [-0.15, -0.1) is 0 Å². The van der Waals surface area contributed by atoms with Crippen molar-refractivity contribution in [2.45, 2.75) is 38.3 Å². The van der Waals surface area contributed by atoms with Gasteiger partial charge >= 0.3 is 5.97 Å². The van der Waals surface area contributed by atoms with E-state index in [1.807, 2.05) is 54.6 Å². The molecule has 0 spiro atoms. The molecule has 0 aromatic heterocycles. The smallest absolute Gasteiger partial charge is 0.337 e. The Bertz CT molecular complexity index is 1700. The van der Waals surface area contributed by atoms with Crippen molar-refractivity contribution >= 4 is 11.9 Å². The highest BCUT2D eigenvalue weighted by molar-refractivity contribution is 5.90. The van der Waals surface area contributed by atoms with Crippen LogP contribution in [-0.2, 0) is 35.3 Å². The van der Waals surface area contributed by atoms with Crippen LogP contribution in [0.2, 0.25) is 0 Å². The van der Waals surface area contributed by atoms with Gasteiger partial charge in [-0.2, -0.15) is 0 Å². The number of hydrogen-bond acceptors (Lipinski definition) is 3. The van der Waals surface area contributed by atoms with Gasteiger partial charge in [0.25, 0.3) is 0 Å². The minimum absolute atomic E-state index is 0.0135. The third-order valence-electron chi connectivity index (χ3n) is 8.75. The molecule has 0 saturated heterocycles. The summed E-state index contributed by atoms with van der Waals surface area (Å²) in [6, 6.07) is 45.2. The zero-order chi connectivity index (χ0) is 30.3. The van der Waals surface area contributed by atoms with Crippen LogP contribution in [0.3, 0.4) is 0 Å². The van der Waals surface area contributed by atoms with Gasteiger partial charge in [-0.05, 0) is 76.3 Å². The topological polar surface area (TPSA) is 46.6 Å². The Labute approximate surface area is 259 Å². The van der Waals surface area contributed by atoms with Gasteiger partial charge in [0, 0.05) is 6.54 Å². The molecule has 4 nitrogen and oxygen atoms in total. The first-order valence-corrected chi connectivity index (χ1v) is 15.3. The number of rotatable bonds is 9. The van der Waals surface area contributed by atoms with Crippen LogP contribution in [0.25, 0.3) is 11.1 Å². The van der Waals surface area contributed by atoms with Crippen LogP contribution >= 0.6 is 0 Å². The van der Waals surface area contributed by atoms with Crippen LogP contribution in [0.5, 0.6) is 0 Å². The molecule has 1 aliphatic carbocycles. The molecule has 5 aromatic rings. The van der Waals surface area contributed by atoms with E-state index >= 15 is 0 Å². The molecule has 1 amide bonds. The molecular weight excluding hydrogens is 542 g/mol. The third-order valence-corrected chi connectivity index (χ3v) is 8.75. The van der Waals surface area contributed by atoms with E-state index in [4.69, 9.17) is 4.74 Å². The normalized spacial score (nSPS) is 15.7. The average Bonchev–Trinajstić information content (AvgIpc) is 3.08. The molecular formula is C40H37NO3. The number of benzene rings is 5. The van der Waals surface area contributed by atoms with Crippen molar-refractivity contribution in [1.82, 2.24) is 4.90 Å². The molecule has 44 heavy (non-hydrogen) atoms. The fourth-order valence-electron chi connectivity index (χ4n) is 6.49. The van der Waals surface area contributed by atoms with Crippen molar-refractivity contribution in [3.8, 4) is 11.1 Å². The molecule has 0 fully saturated rings. The van der Waals surface area contributed by atoms with Crippen LogP contribution in [0, 0.1) is 5.92 Å². The van der Waals surface area contributed by atoms with Crippen molar-refractivity contribution in [2.75, 3.05) is 7.11 Å². The van der Waals surface area contributed by atoms with Crippen molar-refractivity contribution in [3.63, 3.8) is 0 Å². The Balaban J connectivity index is 1.29. The highest BCUT2D eigenvalue weighted by atomic mass is 16.5. The van der Waals surface area contributed by atoms with Gasteiger partial charge in [-0.25, -0.2) is 4.79 Å². The first-order chi connectivity index (χ1) is 21.6. The molecule has 2 unspecified atom stereocenters. The monoisotopic (exact) mass is 579 g/mol. The summed E-state index contributed by atoms with van der Waals surface area (Å²) in [4.78, 5) is 28.3. The fourth-order valence-corrected chi connectivity index (χ4v) is 6.49. The summed E-state index contributed by atoms with van der Waals surface area (Å²) < 4.78 is 4.82. The van der Waals surface area contributed by atoms with Gasteiger partial charge in [0.1, 0.15) is 0 Å². The highest BCUT2D eigenvalue weighted by Crippen LogP contribution is 2.41. The predicted octanol–water partition coefficient (Wildman–Crippen LogP) is 8.26. The quantitative estimate of drug-likeness (QED) is 0.165. The maximum absolute atomic E-state index is 14.4. The maximum Gasteiger partial charge on any atom is 0.337 e. The SMILES string of the molecule is COC(=O)c1ccc(-c2ccc(CC(=O)N(Cc3ccccc3)C3c4ccccc4CCC3Cc3ccccc3)cc2)cc1. The Morgan fingerprint density at radius 1 is 0.682 bits per heavy atom. The van der Waals surface area contributed by atoms with Crippen molar-refractivity contribution in [1.29, 1.82) is 0 Å².